The Labute approximate surface area is 156 Å². The Morgan fingerprint density at radius 1 is 1.12 bits per heavy atom. The second-order valence-electron chi connectivity index (χ2n) is 5.66. The molecule has 3 aromatic rings. The topological polar surface area (TPSA) is 50.9 Å². The minimum absolute atomic E-state index is 0.242. The lowest BCUT2D eigenvalue weighted by Gasteiger charge is -2.23. The molecule has 3 rings (SSSR count). The highest BCUT2D eigenvalue weighted by Gasteiger charge is 2.26. The number of nitrogens with zero attached hydrogens (tertiary/aromatic N) is 3. The van der Waals surface area contributed by atoms with Crippen LogP contribution in [0.3, 0.4) is 0 Å². The molecular formula is C19H17Cl2N3O. The van der Waals surface area contributed by atoms with Crippen LogP contribution in [-0.2, 0) is 0 Å². The lowest BCUT2D eigenvalue weighted by molar-refractivity contribution is 0.138. The first kappa shape index (κ1) is 17.7. The lowest BCUT2D eigenvalue weighted by Crippen LogP contribution is -2.15. The molecule has 0 spiro atoms. The van der Waals surface area contributed by atoms with Crippen LogP contribution in [-0.4, -0.2) is 20.1 Å². The van der Waals surface area contributed by atoms with Crippen molar-refractivity contribution in [3.63, 3.8) is 0 Å². The Bertz CT molecular complexity index is 864. The van der Waals surface area contributed by atoms with Crippen molar-refractivity contribution in [1.82, 2.24) is 15.0 Å². The van der Waals surface area contributed by atoms with E-state index < -0.39 is 6.10 Å². The van der Waals surface area contributed by atoms with E-state index in [9.17, 15) is 5.11 Å². The van der Waals surface area contributed by atoms with Gasteiger partial charge in [-0.3, -0.25) is 0 Å². The van der Waals surface area contributed by atoms with E-state index >= 15 is 0 Å². The maximum atomic E-state index is 11.0. The zero-order chi connectivity index (χ0) is 17.8. The summed E-state index contributed by atoms with van der Waals surface area (Å²) in [6.07, 6.45) is 3.09. The molecule has 2 atom stereocenters. The van der Waals surface area contributed by atoms with Gasteiger partial charge in [0.05, 0.1) is 27.6 Å². The molecule has 2 unspecified atom stereocenters. The van der Waals surface area contributed by atoms with E-state index in [4.69, 9.17) is 23.2 Å². The summed E-state index contributed by atoms with van der Waals surface area (Å²) in [5.41, 5.74) is 2.31. The number of aliphatic hydroxyl groups is 1. The van der Waals surface area contributed by atoms with E-state index in [0.717, 1.165) is 11.3 Å². The summed E-state index contributed by atoms with van der Waals surface area (Å²) in [7, 11) is 0. The number of para-hydroxylation sites is 1. The molecule has 1 heterocycles. The number of allylic oxidation sites excluding steroid dienone is 1. The summed E-state index contributed by atoms with van der Waals surface area (Å²) in [5.74, 6) is -0.242. The zero-order valence-corrected chi connectivity index (χ0v) is 14.9. The number of aliphatic hydroxyl groups excluding tert-OH is 1. The first-order chi connectivity index (χ1) is 12.1. The highest BCUT2D eigenvalue weighted by molar-refractivity contribution is 6.42. The Balaban J connectivity index is 1.99. The summed E-state index contributed by atoms with van der Waals surface area (Å²) in [6, 6.07) is 14.9. The van der Waals surface area contributed by atoms with Crippen molar-refractivity contribution in [2.24, 2.45) is 0 Å². The van der Waals surface area contributed by atoms with E-state index in [0.29, 0.717) is 22.2 Å². The average molecular weight is 374 g/mol. The van der Waals surface area contributed by atoms with Gasteiger partial charge in [0.1, 0.15) is 6.10 Å². The Hall–Kier alpha value is -2.14. The smallest absolute Gasteiger partial charge is 0.105 e. The number of halogens is 2. The van der Waals surface area contributed by atoms with E-state index in [1.165, 1.54) is 0 Å². The predicted molar refractivity (Wildman–Crippen MR) is 100 cm³/mol. The van der Waals surface area contributed by atoms with Crippen molar-refractivity contribution in [3.05, 3.63) is 88.7 Å². The third kappa shape index (κ3) is 3.76. The highest BCUT2D eigenvalue weighted by atomic mass is 35.5. The molecule has 6 heteroatoms. The molecule has 4 nitrogen and oxygen atoms in total. The first-order valence-corrected chi connectivity index (χ1v) is 8.57. The SMILES string of the molecule is C=CCC(c1ccc(Cl)c(Cl)c1)C(O)c1cnnn1-c1ccccc1. The van der Waals surface area contributed by atoms with Gasteiger partial charge in [-0.25, -0.2) is 4.68 Å². The predicted octanol–water partition coefficient (Wildman–Crippen LogP) is 4.97. The van der Waals surface area contributed by atoms with Gasteiger partial charge in [-0.2, -0.15) is 0 Å². The fourth-order valence-electron chi connectivity index (χ4n) is 2.79. The van der Waals surface area contributed by atoms with Crippen molar-refractivity contribution >= 4 is 23.2 Å². The number of hydrogen-bond acceptors (Lipinski definition) is 3. The Morgan fingerprint density at radius 2 is 1.88 bits per heavy atom. The molecule has 0 saturated carbocycles. The molecule has 1 N–H and O–H groups in total. The fraction of sp³-hybridized carbons (Fsp3) is 0.158. The van der Waals surface area contributed by atoms with Crippen LogP contribution in [0.2, 0.25) is 10.0 Å². The summed E-state index contributed by atoms with van der Waals surface area (Å²) in [6.45, 7) is 3.80. The van der Waals surface area contributed by atoms with Gasteiger partial charge in [-0.15, -0.1) is 11.7 Å². The van der Waals surface area contributed by atoms with Gasteiger partial charge in [0.25, 0.3) is 0 Å². The van der Waals surface area contributed by atoms with E-state index in [2.05, 4.69) is 16.9 Å². The zero-order valence-electron chi connectivity index (χ0n) is 13.4. The van der Waals surface area contributed by atoms with Crippen molar-refractivity contribution in [1.29, 1.82) is 0 Å². The van der Waals surface area contributed by atoms with Gasteiger partial charge < -0.3 is 5.11 Å². The van der Waals surface area contributed by atoms with E-state index in [-0.39, 0.29) is 5.92 Å². The second kappa shape index (κ2) is 7.83. The van der Waals surface area contributed by atoms with Crippen LogP contribution in [0.5, 0.6) is 0 Å². The van der Waals surface area contributed by atoms with Gasteiger partial charge in [-0.1, -0.05) is 58.8 Å². The van der Waals surface area contributed by atoms with Crippen LogP contribution in [0.4, 0.5) is 0 Å². The van der Waals surface area contributed by atoms with Gasteiger partial charge in [0.15, 0.2) is 0 Å². The van der Waals surface area contributed by atoms with Crippen LogP contribution < -0.4 is 0 Å². The van der Waals surface area contributed by atoms with Crippen LogP contribution in [0.1, 0.15) is 29.7 Å². The van der Waals surface area contributed by atoms with Gasteiger partial charge in [0, 0.05) is 5.92 Å². The van der Waals surface area contributed by atoms with Crippen LogP contribution >= 0.6 is 23.2 Å². The van der Waals surface area contributed by atoms with Crippen molar-refractivity contribution in [3.8, 4) is 5.69 Å². The maximum absolute atomic E-state index is 11.0. The van der Waals surface area contributed by atoms with Gasteiger partial charge >= 0.3 is 0 Å². The minimum atomic E-state index is -0.828. The second-order valence-corrected chi connectivity index (χ2v) is 6.47. The maximum Gasteiger partial charge on any atom is 0.105 e. The summed E-state index contributed by atoms with van der Waals surface area (Å²) >= 11 is 12.2. The minimum Gasteiger partial charge on any atom is -0.386 e. The molecule has 0 fully saturated rings. The van der Waals surface area contributed by atoms with Crippen molar-refractivity contribution in [2.45, 2.75) is 18.4 Å². The largest absolute Gasteiger partial charge is 0.386 e. The Kier molecular flexibility index (Phi) is 5.53. The van der Waals surface area contributed by atoms with E-state index in [1.807, 2.05) is 36.4 Å². The third-order valence-corrected chi connectivity index (χ3v) is 4.79. The molecule has 0 amide bonds. The molecule has 0 radical (unpaired) electrons. The summed E-state index contributed by atoms with van der Waals surface area (Å²) in [4.78, 5) is 0. The quantitative estimate of drug-likeness (QED) is 0.620. The number of aromatic nitrogens is 3. The fourth-order valence-corrected chi connectivity index (χ4v) is 3.10. The summed E-state index contributed by atoms with van der Waals surface area (Å²) < 4.78 is 1.64. The molecular weight excluding hydrogens is 357 g/mol. The molecule has 0 aliphatic carbocycles. The highest BCUT2D eigenvalue weighted by Crippen LogP contribution is 2.36. The lowest BCUT2D eigenvalue weighted by atomic mass is 9.89. The monoisotopic (exact) mass is 373 g/mol. The molecule has 128 valence electrons. The van der Waals surface area contributed by atoms with Gasteiger partial charge in [0.2, 0.25) is 0 Å². The molecule has 0 bridgehead atoms. The molecule has 25 heavy (non-hydrogen) atoms. The molecule has 2 aromatic carbocycles. The van der Waals surface area contributed by atoms with Crippen LogP contribution in [0, 0.1) is 0 Å². The van der Waals surface area contributed by atoms with E-state index in [1.54, 1.807) is 29.1 Å². The molecule has 1 aromatic heterocycles. The van der Waals surface area contributed by atoms with Gasteiger partial charge in [-0.05, 0) is 36.2 Å². The molecule has 0 aliphatic rings. The average Bonchev–Trinajstić information content (AvgIpc) is 3.12. The third-order valence-electron chi connectivity index (χ3n) is 4.05. The van der Waals surface area contributed by atoms with Crippen LogP contribution in [0.25, 0.3) is 5.69 Å². The number of hydrogen-bond donors (Lipinski definition) is 1. The Morgan fingerprint density at radius 3 is 2.56 bits per heavy atom. The molecule has 0 saturated heterocycles. The normalized spacial score (nSPS) is 13.4. The van der Waals surface area contributed by atoms with Crippen molar-refractivity contribution in [2.75, 3.05) is 0 Å². The molecule has 0 aliphatic heterocycles. The first-order valence-electron chi connectivity index (χ1n) is 7.81. The standard InChI is InChI=1S/C19H17Cl2N3O/c1-2-6-15(13-9-10-16(20)17(21)11-13)19(25)18-12-22-23-24(18)14-7-4-3-5-8-14/h2-5,7-12,15,19,25H,1,6H2. The number of benzene rings is 2. The van der Waals surface area contributed by atoms with Crippen LogP contribution in [0.15, 0.2) is 67.4 Å². The number of rotatable bonds is 6. The summed E-state index contributed by atoms with van der Waals surface area (Å²) in [5, 5.41) is 20.0. The van der Waals surface area contributed by atoms with Crippen molar-refractivity contribution < 1.29 is 5.11 Å².